The Morgan fingerprint density at radius 1 is 1.03 bits per heavy atom. The zero-order valence-corrected chi connectivity index (χ0v) is 19.4. The minimum absolute atomic E-state index is 0.116. The predicted octanol–water partition coefficient (Wildman–Crippen LogP) is 1.29. The summed E-state index contributed by atoms with van der Waals surface area (Å²) in [5.74, 6) is -0.665. The van der Waals surface area contributed by atoms with Crippen molar-refractivity contribution in [3.63, 3.8) is 0 Å². The van der Waals surface area contributed by atoms with E-state index in [-0.39, 0.29) is 12.3 Å². The van der Waals surface area contributed by atoms with Crippen LogP contribution in [0.2, 0.25) is 0 Å². The number of hydrogen-bond donors (Lipinski definition) is 3. The minimum Gasteiger partial charge on any atom is -0.467 e. The molecule has 0 aliphatic heterocycles. The van der Waals surface area contributed by atoms with Gasteiger partial charge in [-0.15, -0.1) is 0 Å². The van der Waals surface area contributed by atoms with E-state index in [2.05, 4.69) is 16.0 Å². The average molecular weight is 452 g/mol. The quantitative estimate of drug-likeness (QED) is 0.290. The van der Waals surface area contributed by atoms with Crippen molar-refractivity contribution in [2.24, 2.45) is 5.92 Å². The number of rotatable bonds is 14. The van der Waals surface area contributed by atoms with E-state index in [1.807, 2.05) is 50.4 Å². The molecule has 0 unspecified atom stereocenters. The molecule has 0 aliphatic rings. The summed E-state index contributed by atoms with van der Waals surface area (Å²) in [5, 5.41) is 7.96. The van der Waals surface area contributed by atoms with Crippen molar-refractivity contribution in [2.45, 2.75) is 51.2 Å². The predicted molar refractivity (Wildman–Crippen MR) is 121 cm³/mol. The van der Waals surface area contributed by atoms with Gasteiger partial charge in [-0.05, 0) is 36.3 Å². The van der Waals surface area contributed by atoms with Crippen LogP contribution in [0, 0.1) is 5.92 Å². The van der Waals surface area contributed by atoms with Gasteiger partial charge in [0, 0.05) is 6.42 Å². The fraction of sp³-hybridized carbons (Fsp3) is 0.545. The van der Waals surface area contributed by atoms with Crippen molar-refractivity contribution >= 4 is 36.0 Å². The van der Waals surface area contributed by atoms with Gasteiger partial charge < -0.3 is 20.7 Å². The van der Waals surface area contributed by atoms with Crippen LogP contribution >= 0.6 is 11.8 Å². The number of hydrogen-bond acceptors (Lipinski definition) is 6. The van der Waals surface area contributed by atoms with Crippen molar-refractivity contribution in [2.75, 3.05) is 19.1 Å². The van der Waals surface area contributed by atoms with Crippen LogP contribution in [-0.4, -0.2) is 61.4 Å². The van der Waals surface area contributed by atoms with Crippen LogP contribution in [0.15, 0.2) is 30.3 Å². The highest BCUT2D eigenvalue weighted by Gasteiger charge is 2.29. The smallest absolute Gasteiger partial charge is 0.328 e. The maximum absolute atomic E-state index is 13.0. The molecule has 3 atom stereocenters. The summed E-state index contributed by atoms with van der Waals surface area (Å²) >= 11 is 1.56. The summed E-state index contributed by atoms with van der Waals surface area (Å²) < 4.78 is 4.85. The topological polar surface area (TPSA) is 114 Å². The highest BCUT2D eigenvalue weighted by atomic mass is 32.2. The summed E-state index contributed by atoms with van der Waals surface area (Å²) in [5.41, 5.74) is 0.870. The zero-order valence-electron chi connectivity index (χ0n) is 18.6. The lowest BCUT2D eigenvalue weighted by Crippen LogP contribution is -2.56. The zero-order chi connectivity index (χ0) is 23.2. The van der Waals surface area contributed by atoms with E-state index in [1.165, 1.54) is 7.11 Å². The Kier molecular flexibility index (Phi) is 12.3. The van der Waals surface area contributed by atoms with Gasteiger partial charge in [0.05, 0.1) is 7.11 Å². The number of carbonyl (C=O) groups excluding carboxylic acids is 4. The molecule has 1 rings (SSSR count). The Balaban J connectivity index is 2.93. The molecule has 1 aromatic rings. The van der Waals surface area contributed by atoms with Crippen LogP contribution in [0.3, 0.4) is 0 Å². The van der Waals surface area contributed by atoms with E-state index >= 15 is 0 Å². The first-order chi connectivity index (χ1) is 14.8. The maximum Gasteiger partial charge on any atom is 0.328 e. The third kappa shape index (κ3) is 9.87. The summed E-state index contributed by atoms with van der Waals surface area (Å²) in [4.78, 5) is 48.8. The van der Waals surface area contributed by atoms with Gasteiger partial charge in [-0.1, -0.05) is 44.2 Å². The third-order valence-corrected chi connectivity index (χ3v) is 5.27. The summed E-state index contributed by atoms with van der Waals surface area (Å²) in [6.07, 6.45) is 3.48. The van der Waals surface area contributed by atoms with Crippen molar-refractivity contribution in [3.05, 3.63) is 35.9 Å². The molecule has 0 saturated heterocycles. The maximum atomic E-state index is 13.0. The molecule has 9 heteroatoms. The van der Waals surface area contributed by atoms with Crippen LogP contribution in [0.4, 0.5) is 0 Å². The van der Waals surface area contributed by atoms with Crippen LogP contribution in [0.25, 0.3) is 0 Å². The first-order valence-electron chi connectivity index (χ1n) is 10.2. The lowest BCUT2D eigenvalue weighted by Gasteiger charge is -2.25. The molecule has 0 aliphatic carbocycles. The summed E-state index contributed by atoms with van der Waals surface area (Å²) in [6.45, 7) is 3.87. The van der Waals surface area contributed by atoms with Gasteiger partial charge >= 0.3 is 5.97 Å². The number of carbonyl (C=O) groups is 4. The number of benzene rings is 1. The molecule has 3 N–H and O–H groups in total. The number of methoxy groups -OCH3 is 1. The summed E-state index contributed by atoms with van der Waals surface area (Å²) in [7, 11) is 1.27. The molecule has 31 heavy (non-hydrogen) atoms. The molecule has 0 aromatic heterocycles. The van der Waals surface area contributed by atoms with E-state index in [0.29, 0.717) is 25.0 Å². The van der Waals surface area contributed by atoms with Crippen LogP contribution in [0.5, 0.6) is 0 Å². The molecular formula is C22H33N3O5S. The Morgan fingerprint density at radius 2 is 1.65 bits per heavy atom. The Morgan fingerprint density at radius 3 is 2.19 bits per heavy atom. The van der Waals surface area contributed by atoms with Gasteiger partial charge in [0.15, 0.2) is 0 Å². The van der Waals surface area contributed by atoms with Crippen LogP contribution in [-0.2, 0) is 30.3 Å². The van der Waals surface area contributed by atoms with E-state index in [4.69, 9.17) is 4.74 Å². The SMILES string of the molecule is COC(=O)[C@H](Cc1ccccc1)NC(=O)[C@H](CC(C)C)NC(=O)[C@@H](CCSC)NC=O. The normalized spacial score (nSPS) is 13.6. The van der Waals surface area contributed by atoms with Gasteiger partial charge in [0.1, 0.15) is 18.1 Å². The Bertz CT molecular complexity index is 714. The molecule has 3 amide bonds. The monoisotopic (exact) mass is 451 g/mol. The first kappa shape index (κ1) is 26.5. The fourth-order valence-electron chi connectivity index (χ4n) is 3.04. The standard InChI is InChI=1S/C22H33N3O5S/c1-15(2)12-18(24-20(27)17(23-14-26)10-11-31-4)21(28)25-19(22(29)30-3)13-16-8-6-5-7-9-16/h5-9,14-15,17-19H,10-13H2,1-4H3,(H,23,26)(H,24,27)(H,25,28)/t17-,18+,19+/m1/s1. The molecule has 0 heterocycles. The molecule has 0 bridgehead atoms. The van der Waals surface area contributed by atoms with Crippen LogP contribution in [0.1, 0.15) is 32.3 Å². The number of nitrogens with one attached hydrogen (secondary N) is 3. The number of thioether (sulfide) groups is 1. The Labute approximate surface area is 188 Å². The molecule has 0 fully saturated rings. The molecule has 0 radical (unpaired) electrons. The van der Waals surface area contributed by atoms with Crippen molar-refractivity contribution in [3.8, 4) is 0 Å². The van der Waals surface area contributed by atoms with Gasteiger partial charge in [0.2, 0.25) is 18.2 Å². The van der Waals surface area contributed by atoms with E-state index < -0.39 is 35.9 Å². The van der Waals surface area contributed by atoms with E-state index in [9.17, 15) is 19.2 Å². The molecule has 172 valence electrons. The minimum atomic E-state index is -0.883. The molecule has 0 spiro atoms. The molecule has 8 nitrogen and oxygen atoms in total. The number of amides is 3. The fourth-order valence-corrected chi connectivity index (χ4v) is 3.51. The van der Waals surface area contributed by atoms with Crippen molar-refractivity contribution in [1.82, 2.24) is 16.0 Å². The average Bonchev–Trinajstić information content (AvgIpc) is 2.75. The van der Waals surface area contributed by atoms with Crippen molar-refractivity contribution < 1.29 is 23.9 Å². The number of esters is 1. The Hall–Kier alpha value is -2.55. The summed E-state index contributed by atoms with van der Waals surface area (Å²) in [6, 6.07) is 6.82. The highest BCUT2D eigenvalue weighted by molar-refractivity contribution is 7.98. The molecular weight excluding hydrogens is 418 g/mol. The lowest BCUT2D eigenvalue weighted by molar-refractivity contribution is -0.145. The van der Waals surface area contributed by atoms with Gasteiger partial charge in [-0.25, -0.2) is 4.79 Å². The molecule has 1 aromatic carbocycles. The second kappa shape index (κ2) is 14.5. The molecule has 0 saturated carbocycles. The highest BCUT2D eigenvalue weighted by Crippen LogP contribution is 2.09. The van der Waals surface area contributed by atoms with Crippen LogP contribution < -0.4 is 16.0 Å². The third-order valence-electron chi connectivity index (χ3n) is 4.62. The van der Waals surface area contributed by atoms with E-state index in [0.717, 1.165) is 5.56 Å². The van der Waals surface area contributed by atoms with E-state index in [1.54, 1.807) is 11.8 Å². The largest absolute Gasteiger partial charge is 0.467 e. The second-order valence-electron chi connectivity index (χ2n) is 7.58. The van der Waals surface area contributed by atoms with Gasteiger partial charge in [-0.2, -0.15) is 11.8 Å². The second-order valence-corrected chi connectivity index (χ2v) is 8.57. The lowest BCUT2D eigenvalue weighted by atomic mass is 10.0. The number of ether oxygens (including phenoxy) is 1. The van der Waals surface area contributed by atoms with Crippen molar-refractivity contribution in [1.29, 1.82) is 0 Å². The van der Waals surface area contributed by atoms with Gasteiger partial charge in [0.25, 0.3) is 0 Å². The van der Waals surface area contributed by atoms with Gasteiger partial charge in [-0.3, -0.25) is 14.4 Å². The first-order valence-corrected chi connectivity index (χ1v) is 11.6.